The molecule has 36 heavy (non-hydrogen) atoms. The molecule has 1 unspecified atom stereocenters. The summed E-state index contributed by atoms with van der Waals surface area (Å²) in [7, 11) is 1.57. The maximum absolute atomic E-state index is 13.9. The second-order valence-electron chi connectivity index (χ2n) is 9.47. The van der Waals surface area contributed by atoms with Crippen molar-refractivity contribution < 1.29 is 23.5 Å². The Bertz CT molecular complexity index is 1090. The fraction of sp³-hybridized carbons (Fsp3) is 0.444. The van der Waals surface area contributed by atoms with Crippen LogP contribution in [0.4, 0.5) is 4.39 Å². The van der Waals surface area contributed by atoms with Crippen LogP contribution in [0.2, 0.25) is 0 Å². The Labute approximate surface area is 210 Å². The minimum absolute atomic E-state index is 0.0658. The van der Waals surface area contributed by atoms with E-state index in [-0.39, 0.29) is 36.5 Å². The second-order valence-corrected chi connectivity index (χ2v) is 9.47. The molecule has 1 saturated heterocycles. The van der Waals surface area contributed by atoms with Crippen LogP contribution in [-0.4, -0.2) is 66.0 Å². The van der Waals surface area contributed by atoms with Crippen LogP contribution < -0.4 is 15.8 Å². The Hall–Kier alpha value is -3.46. The zero-order valence-corrected chi connectivity index (χ0v) is 20.5. The number of hydrogen-bond donors (Lipinski definition) is 2. The smallest absolute Gasteiger partial charge is 0.264 e. The SMILES string of the molecule is COc1ccc(CC(=O)N2CCCN(C(=O)c3cccc(F)c3)C2C(=O)NC2CCC(N)CC2)cc1. The molecule has 0 aromatic heterocycles. The lowest BCUT2D eigenvalue weighted by Crippen LogP contribution is -2.64. The van der Waals surface area contributed by atoms with Gasteiger partial charge in [-0.3, -0.25) is 14.4 Å². The molecule has 2 aromatic rings. The number of nitrogens with one attached hydrogen (secondary N) is 1. The van der Waals surface area contributed by atoms with Crippen LogP contribution in [0.3, 0.4) is 0 Å². The molecule has 192 valence electrons. The molecule has 0 spiro atoms. The van der Waals surface area contributed by atoms with E-state index in [9.17, 15) is 18.8 Å². The summed E-state index contributed by atoms with van der Waals surface area (Å²) in [6, 6.07) is 12.6. The Morgan fingerprint density at radius 1 is 1.03 bits per heavy atom. The van der Waals surface area contributed by atoms with E-state index in [0.717, 1.165) is 37.3 Å². The van der Waals surface area contributed by atoms with Crippen molar-refractivity contribution in [1.29, 1.82) is 0 Å². The van der Waals surface area contributed by atoms with Crippen molar-refractivity contribution in [1.82, 2.24) is 15.1 Å². The molecule has 3 amide bonds. The van der Waals surface area contributed by atoms with E-state index >= 15 is 0 Å². The lowest BCUT2D eigenvalue weighted by molar-refractivity contribution is -0.149. The zero-order chi connectivity index (χ0) is 25.7. The summed E-state index contributed by atoms with van der Waals surface area (Å²) in [5, 5.41) is 3.05. The highest BCUT2D eigenvalue weighted by molar-refractivity contribution is 5.99. The lowest BCUT2D eigenvalue weighted by atomic mass is 9.91. The molecule has 1 heterocycles. The van der Waals surface area contributed by atoms with E-state index in [0.29, 0.717) is 18.7 Å². The highest BCUT2D eigenvalue weighted by Crippen LogP contribution is 2.23. The van der Waals surface area contributed by atoms with E-state index in [1.807, 2.05) is 0 Å². The summed E-state index contributed by atoms with van der Waals surface area (Å²) in [6.45, 7) is 0.630. The summed E-state index contributed by atoms with van der Waals surface area (Å²) in [5.41, 5.74) is 6.92. The molecular formula is C27H33FN4O4. The molecule has 1 atom stereocenters. The van der Waals surface area contributed by atoms with Crippen LogP contribution >= 0.6 is 0 Å². The van der Waals surface area contributed by atoms with Crippen molar-refractivity contribution in [3.05, 3.63) is 65.5 Å². The van der Waals surface area contributed by atoms with Gasteiger partial charge in [-0.2, -0.15) is 0 Å². The van der Waals surface area contributed by atoms with Gasteiger partial charge in [0.1, 0.15) is 11.6 Å². The summed E-state index contributed by atoms with van der Waals surface area (Å²) in [5.74, 6) is -1.00. The number of nitrogens with two attached hydrogens (primary N) is 1. The van der Waals surface area contributed by atoms with Crippen LogP contribution in [0.1, 0.15) is 48.0 Å². The van der Waals surface area contributed by atoms with Crippen LogP contribution in [0.15, 0.2) is 48.5 Å². The van der Waals surface area contributed by atoms with Gasteiger partial charge in [-0.15, -0.1) is 0 Å². The van der Waals surface area contributed by atoms with E-state index in [4.69, 9.17) is 10.5 Å². The lowest BCUT2D eigenvalue weighted by Gasteiger charge is -2.43. The highest BCUT2D eigenvalue weighted by Gasteiger charge is 2.41. The van der Waals surface area contributed by atoms with Gasteiger partial charge in [-0.25, -0.2) is 4.39 Å². The molecule has 2 aliphatic rings. The number of rotatable bonds is 6. The van der Waals surface area contributed by atoms with Crippen LogP contribution in [0.5, 0.6) is 5.75 Å². The minimum atomic E-state index is -1.11. The molecule has 9 heteroatoms. The fourth-order valence-corrected chi connectivity index (χ4v) is 4.93. The molecule has 2 fully saturated rings. The Morgan fingerprint density at radius 2 is 1.72 bits per heavy atom. The molecule has 0 radical (unpaired) electrons. The fourth-order valence-electron chi connectivity index (χ4n) is 4.93. The molecule has 1 aliphatic carbocycles. The van der Waals surface area contributed by atoms with Gasteiger partial charge in [0.2, 0.25) is 5.91 Å². The summed E-state index contributed by atoms with van der Waals surface area (Å²) < 4.78 is 19.0. The summed E-state index contributed by atoms with van der Waals surface area (Å²) in [6.07, 6.45) is 2.58. The monoisotopic (exact) mass is 496 g/mol. The van der Waals surface area contributed by atoms with Crippen LogP contribution in [-0.2, 0) is 16.0 Å². The molecule has 0 bridgehead atoms. The number of amides is 3. The standard InChI is InChI=1S/C27H33FN4O4/c1-36-23-12-6-18(7-13-23)16-24(33)31-14-3-15-32(27(35)19-4-2-5-20(28)17-19)26(31)25(34)30-22-10-8-21(29)9-11-22/h2,4-7,12-13,17,21-22,26H,3,8-11,14-16,29H2,1H3,(H,30,34). The van der Waals surface area contributed by atoms with E-state index in [2.05, 4.69) is 5.32 Å². The quantitative estimate of drug-likeness (QED) is 0.639. The molecule has 8 nitrogen and oxygen atoms in total. The first-order valence-electron chi connectivity index (χ1n) is 12.4. The van der Waals surface area contributed by atoms with Crippen LogP contribution in [0.25, 0.3) is 0 Å². The van der Waals surface area contributed by atoms with Crippen molar-refractivity contribution in [2.45, 2.75) is 56.8 Å². The maximum atomic E-state index is 13.9. The zero-order valence-electron chi connectivity index (χ0n) is 20.5. The topological polar surface area (TPSA) is 105 Å². The van der Waals surface area contributed by atoms with Crippen LogP contribution in [0, 0.1) is 5.82 Å². The van der Waals surface area contributed by atoms with E-state index in [1.54, 1.807) is 31.4 Å². The second kappa shape index (κ2) is 11.5. The van der Waals surface area contributed by atoms with Gasteiger partial charge in [-0.05, 0) is 68.0 Å². The van der Waals surface area contributed by atoms with Crippen molar-refractivity contribution in [3.63, 3.8) is 0 Å². The first-order valence-corrected chi connectivity index (χ1v) is 12.4. The maximum Gasteiger partial charge on any atom is 0.264 e. The predicted molar refractivity (Wildman–Crippen MR) is 133 cm³/mol. The Kier molecular flexibility index (Phi) is 8.20. The van der Waals surface area contributed by atoms with Gasteiger partial charge in [0, 0.05) is 30.7 Å². The third kappa shape index (κ3) is 6.02. The molecule has 1 aliphatic heterocycles. The summed E-state index contributed by atoms with van der Waals surface area (Å²) in [4.78, 5) is 43.3. The number of benzene rings is 2. The largest absolute Gasteiger partial charge is 0.497 e. The van der Waals surface area contributed by atoms with Gasteiger partial charge >= 0.3 is 0 Å². The Morgan fingerprint density at radius 3 is 2.39 bits per heavy atom. The average Bonchev–Trinajstić information content (AvgIpc) is 2.89. The number of hydrogen-bond acceptors (Lipinski definition) is 5. The number of carbonyl (C=O) groups excluding carboxylic acids is 3. The van der Waals surface area contributed by atoms with Gasteiger partial charge < -0.3 is 25.6 Å². The Balaban J connectivity index is 1.58. The number of carbonyl (C=O) groups is 3. The van der Waals surface area contributed by atoms with Gasteiger partial charge in [-0.1, -0.05) is 18.2 Å². The molecule has 4 rings (SSSR count). The number of halogens is 1. The van der Waals surface area contributed by atoms with Gasteiger partial charge in [0.05, 0.1) is 13.5 Å². The predicted octanol–water partition coefficient (Wildman–Crippen LogP) is 2.46. The molecular weight excluding hydrogens is 463 g/mol. The van der Waals surface area contributed by atoms with E-state index < -0.39 is 23.8 Å². The van der Waals surface area contributed by atoms with Gasteiger partial charge in [0.25, 0.3) is 11.8 Å². The van der Waals surface area contributed by atoms with Crippen molar-refractivity contribution in [2.75, 3.05) is 20.2 Å². The normalized spacial score (nSPS) is 22.1. The molecule has 1 saturated carbocycles. The highest BCUT2D eigenvalue weighted by atomic mass is 19.1. The molecule has 3 N–H and O–H groups in total. The summed E-state index contributed by atoms with van der Waals surface area (Å²) >= 11 is 0. The van der Waals surface area contributed by atoms with E-state index in [1.165, 1.54) is 28.0 Å². The minimum Gasteiger partial charge on any atom is -0.497 e. The number of nitrogens with zero attached hydrogens (tertiary/aromatic N) is 2. The van der Waals surface area contributed by atoms with Gasteiger partial charge in [0.15, 0.2) is 6.17 Å². The first kappa shape index (κ1) is 25.6. The van der Waals surface area contributed by atoms with Crippen molar-refractivity contribution >= 4 is 17.7 Å². The first-order chi connectivity index (χ1) is 17.4. The number of ether oxygens (including phenoxy) is 1. The number of methoxy groups -OCH3 is 1. The van der Waals surface area contributed by atoms with Crippen molar-refractivity contribution in [3.8, 4) is 5.75 Å². The van der Waals surface area contributed by atoms with Crippen molar-refractivity contribution in [2.24, 2.45) is 5.73 Å². The third-order valence-corrected chi connectivity index (χ3v) is 6.91. The third-order valence-electron chi connectivity index (χ3n) is 6.91. The molecule has 2 aromatic carbocycles. The average molecular weight is 497 g/mol.